The van der Waals surface area contributed by atoms with Gasteiger partial charge in [-0.3, -0.25) is 0 Å². The smallest absolute Gasteiger partial charge is 0.139 e. The van der Waals surface area contributed by atoms with Gasteiger partial charge in [0.25, 0.3) is 0 Å². The number of hydrogen-bond donors (Lipinski definition) is 3. The lowest BCUT2D eigenvalue weighted by Gasteiger charge is -2.23. The Morgan fingerprint density at radius 1 is 1.57 bits per heavy atom. The molecule has 0 spiro atoms. The van der Waals surface area contributed by atoms with Crippen molar-refractivity contribution in [3.05, 3.63) is 23.9 Å². The Morgan fingerprint density at radius 2 is 2.50 bits per heavy atom. The van der Waals surface area contributed by atoms with Crippen molar-refractivity contribution in [2.24, 2.45) is 5.84 Å². The van der Waals surface area contributed by atoms with Gasteiger partial charge in [-0.25, -0.2) is 10.8 Å². The molecule has 76 valence electrons. The molecule has 1 aliphatic heterocycles. The number of anilines is 1. The van der Waals surface area contributed by atoms with Crippen LogP contribution in [0.5, 0.6) is 0 Å². The summed E-state index contributed by atoms with van der Waals surface area (Å²) < 4.78 is 5.36. The van der Waals surface area contributed by atoms with Gasteiger partial charge in [-0.05, 0) is 11.6 Å². The van der Waals surface area contributed by atoms with Gasteiger partial charge in [-0.2, -0.15) is 0 Å². The lowest BCUT2D eigenvalue weighted by atomic mass is 10.1. The van der Waals surface area contributed by atoms with E-state index in [1.165, 1.54) is 0 Å². The monoisotopic (exact) mass is 194 g/mol. The van der Waals surface area contributed by atoms with Gasteiger partial charge >= 0.3 is 0 Å². The van der Waals surface area contributed by atoms with Crippen molar-refractivity contribution >= 4 is 5.82 Å². The second-order valence-electron chi connectivity index (χ2n) is 3.20. The van der Waals surface area contributed by atoms with Gasteiger partial charge in [-0.15, -0.1) is 0 Å². The van der Waals surface area contributed by atoms with Gasteiger partial charge in [-0.1, -0.05) is 6.07 Å². The van der Waals surface area contributed by atoms with Gasteiger partial charge in [0, 0.05) is 12.7 Å². The number of aromatic nitrogens is 1. The number of pyridine rings is 1. The van der Waals surface area contributed by atoms with Crippen LogP contribution in [0.15, 0.2) is 18.3 Å². The lowest BCUT2D eigenvalue weighted by Crippen LogP contribution is -2.34. The zero-order valence-electron chi connectivity index (χ0n) is 7.86. The molecule has 1 aliphatic rings. The molecule has 14 heavy (non-hydrogen) atoms. The molecule has 1 aromatic rings. The third-order valence-electron chi connectivity index (χ3n) is 2.26. The molecule has 1 fully saturated rings. The summed E-state index contributed by atoms with van der Waals surface area (Å²) in [4.78, 5) is 4.14. The highest BCUT2D eigenvalue weighted by molar-refractivity contribution is 5.34. The normalized spacial score (nSPS) is 21.9. The van der Waals surface area contributed by atoms with Crippen LogP contribution in [0.3, 0.4) is 0 Å². The van der Waals surface area contributed by atoms with Crippen LogP contribution < -0.4 is 16.6 Å². The van der Waals surface area contributed by atoms with E-state index in [0.29, 0.717) is 12.4 Å². The van der Waals surface area contributed by atoms with Gasteiger partial charge in [0.05, 0.1) is 19.3 Å². The topological polar surface area (TPSA) is 72.2 Å². The highest BCUT2D eigenvalue weighted by Crippen LogP contribution is 2.15. The van der Waals surface area contributed by atoms with E-state index in [4.69, 9.17) is 10.6 Å². The summed E-state index contributed by atoms with van der Waals surface area (Å²) in [5.74, 6) is 5.90. The molecule has 0 aromatic carbocycles. The van der Waals surface area contributed by atoms with E-state index in [1.807, 2.05) is 18.3 Å². The van der Waals surface area contributed by atoms with Crippen LogP contribution in [0.4, 0.5) is 5.82 Å². The summed E-state index contributed by atoms with van der Waals surface area (Å²) in [6.07, 6.45) is 1.81. The maximum atomic E-state index is 5.36. The predicted octanol–water partition coefficient (Wildman–Crippen LogP) is 0.0281. The molecule has 0 amide bonds. The Balaban J connectivity index is 2.07. The fourth-order valence-electron chi connectivity index (χ4n) is 1.48. The summed E-state index contributed by atoms with van der Waals surface area (Å²) in [6.45, 7) is 2.38. The summed E-state index contributed by atoms with van der Waals surface area (Å²) in [5, 5.41) is 3.36. The van der Waals surface area contributed by atoms with E-state index in [-0.39, 0.29) is 6.04 Å². The summed E-state index contributed by atoms with van der Waals surface area (Å²) in [7, 11) is 0. The largest absolute Gasteiger partial charge is 0.378 e. The molecular formula is C9H14N4O. The van der Waals surface area contributed by atoms with E-state index < -0.39 is 0 Å². The van der Waals surface area contributed by atoms with Gasteiger partial charge in [0.2, 0.25) is 0 Å². The van der Waals surface area contributed by atoms with Crippen LogP contribution in [-0.2, 0) is 4.74 Å². The quantitative estimate of drug-likeness (QED) is 0.457. The zero-order valence-corrected chi connectivity index (χ0v) is 7.86. The van der Waals surface area contributed by atoms with Gasteiger partial charge in [0.15, 0.2) is 0 Å². The van der Waals surface area contributed by atoms with Crippen LogP contribution in [0.25, 0.3) is 0 Å². The minimum Gasteiger partial charge on any atom is -0.378 e. The van der Waals surface area contributed by atoms with Crippen LogP contribution in [0, 0.1) is 0 Å². The van der Waals surface area contributed by atoms with E-state index >= 15 is 0 Å². The second kappa shape index (κ2) is 4.36. The molecule has 5 heteroatoms. The molecule has 4 N–H and O–H groups in total. The van der Waals surface area contributed by atoms with Gasteiger partial charge < -0.3 is 15.5 Å². The SMILES string of the molecule is NNc1ccc(C2COCCN2)cn1. The van der Waals surface area contributed by atoms with Crippen molar-refractivity contribution in [3.63, 3.8) is 0 Å². The molecule has 1 atom stereocenters. The zero-order chi connectivity index (χ0) is 9.80. The Hall–Kier alpha value is -1.17. The first kappa shape index (κ1) is 9.39. The van der Waals surface area contributed by atoms with Crippen LogP contribution in [0.2, 0.25) is 0 Å². The van der Waals surface area contributed by atoms with Crippen molar-refractivity contribution in [3.8, 4) is 0 Å². The number of hydrogen-bond acceptors (Lipinski definition) is 5. The Bertz CT molecular complexity index is 281. The van der Waals surface area contributed by atoms with Crippen molar-refractivity contribution in [2.75, 3.05) is 25.2 Å². The van der Waals surface area contributed by atoms with E-state index in [9.17, 15) is 0 Å². The minimum absolute atomic E-state index is 0.253. The first-order valence-corrected chi connectivity index (χ1v) is 4.64. The third-order valence-corrected chi connectivity index (χ3v) is 2.26. The van der Waals surface area contributed by atoms with Crippen LogP contribution in [-0.4, -0.2) is 24.7 Å². The molecule has 0 aliphatic carbocycles. The number of nitrogen functional groups attached to an aromatic ring is 1. The highest BCUT2D eigenvalue weighted by Gasteiger charge is 2.14. The maximum Gasteiger partial charge on any atom is 0.139 e. The molecule has 0 saturated carbocycles. The number of nitrogens with zero attached hydrogens (tertiary/aromatic N) is 1. The van der Waals surface area contributed by atoms with E-state index in [2.05, 4.69) is 15.7 Å². The van der Waals surface area contributed by atoms with Crippen molar-refractivity contribution in [2.45, 2.75) is 6.04 Å². The van der Waals surface area contributed by atoms with Crippen LogP contribution in [0.1, 0.15) is 11.6 Å². The number of hydrazine groups is 1. The summed E-state index contributed by atoms with van der Waals surface area (Å²) in [6, 6.07) is 4.10. The first-order chi connectivity index (χ1) is 6.90. The second-order valence-corrected chi connectivity index (χ2v) is 3.20. The van der Waals surface area contributed by atoms with E-state index in [1.54, 1.807) is 0 Å². The van der Waals surface area contributed by atoms with Crippen molar-refractivity contribution in [1.29, 1.82) is 0 Å². The summed E-state index contributed by atoms with van der Waals surface area (Å²) >= 11 is 0. The highest BCUT2D eigenvalue weighted by atomic mass is 16.5. The van der Waals surface area contributed by atoms with Crippen molar-refractivity contribution in [1.82, 2.24) is 10.3 Å². The first-order valence-electron chi connectivity index (χ1n) is 4.64. The van der Waals surface area contributed by atoms with Crippen LogP contribution >= 0.6 is 0 Å². The van der Waals surface area contributed by atoms with E-state index in [0.717, 1.165) is 18.7 Å². The average molecular weight is 194 g/mol. The number of nitrogens with two attached hydrogens (primary N) is 1. The Morgan fingerprint density at radius 3 is 3.07 bits per heavy atom. The fourth-order valence-corrected chi connectivity index (χ4v) is 1.48. The molecule has 0 radical (unpaired) electrons. The molecule has 2 rings (SSSR count). The molecular weight excluding hydrogens is 180 g/mol. The Labute approximate surface area is 82.6 Å². The predicted molar refractivity (Wildman–Crippen MR) is 53.6 cm³/mol. The minimum atomic E-state index is 0.253. The molecule has 5 nitrogen and oxygen atoms in total. The molecule has 2 heterocycles. The maximum absolute atomic E-state index is 5.36. The fraction of sp³-hybridized carbons (Fsp3) is 0.444. The molecule has 1 unspecified atom stereocenters. The third kappa shape index (κ3) is 2.01. The number of ether oxygens (including phenoxy) is 1. The Kier molecular flexibility index (Phi) is 2.93. The number of nitrogens with one attached hydrogen (secondary N) is 2. The lowest BCUT2D eigenvalue weighted by molar-refractivity contribution is 0.0768. The van der Waals surface area contributed by atoms with Gasteiger partial charge in [0.1, 0.15) is 5.82 Å². The van der Waals surface area contributed by atoms with Crippen molar-refractivity contribution < 1.29 is 4.74 Å². The molecule has 1 aromatic heterocycles. The average Bonchev–Trinajstić information content (AvgIpc) is 2.30. The molecule has 1 saturated heterocycles. The number of rotatable bonds is 2. The molecule has 0 bridgehead atoms. The summed E-state index contributed by atoms with van der Waals surface area (Å²) in [5.41, 5.74) is 3.62. The standard InChI is InChI=1S/C9H14N4O/c10-13-9-2-1-7(5-12-9)8-6-14-4-3-11-8/h1-2,5,8,11H,3-4,6,10H2,(H,12,13). The number of morpholine rings is 1.